The molecule has 1 atom stereocenters. The molecule has 1 unspecified atom stereocenters. The van der Waals surface area contributed by atoms with Gasteiger partial charge in [0, 0.05) is 25.3 Å². The zero-order valence-corrected chi connectivity index (χ0v) is 12.2. The summed E-state index contributed by atoms with van der Waals surface area (Å²) in [5.41, 5.74) is 6.87. The molecule has 0 radical (unpaired) electrons. The standard InChI is InChI=1S/C13H21N3O2S/c1-11-6-3-4-9-16(11)19(17,18)15(2)13-8-5-7-12(14)10-13/h5,7-8,10-11H,3-4,6,9,14H2,1-2H3. The van der Waals surface area contributed by atoms with Gasteiger partial charge in [0.25, 0.3) is 0 Å². The first-order chi connectivity index (χ1) is 8.93. The third kappa shape index (κ3) is 2.84. The second-order valence-electron chi connectivity index (χ2n) is 5.03. The lowest BCUT2D eigenvalue weighted by atomic mass is 10.1. The fourth-order valence-corrected chi connectivity index (χ4v) is 4.04. The largest absolute Gasteiger partial charge is 0.399 e. The van der Waals surface area contributed by atoms with Gasteiger partial charge in [-0.15, -0.1) is 0 Å². The van der Waals surface area contributed by atoms with Gasteiger partial charge in [-0.25, -0.2) is 0 Å². The second-order valence-corrected chi connectivity index (χ2v) is 6.94. The summed E-state index contributed by atoms with van der Waals surface area (Å²) >= 11 is 0. The Morgan fingerprint density at radius 1 is 1.37 bits per heavy atom. The van der Waals surface area contributed by atoms with Crippen molar-refractivity contribution in [3.63, 3.8) is 0 Å². The number of hydrogen-bond acceptors (Lipinski definition) is 3. The number of nitrogens with zero attached hydrogens (tertiary/aromatic N) is 2. The van der Waals surface area contributed by atoms with E-state index in [2.05, 4.69) is 0 Å². The molecular formula is C13H21N3O2S. The Morgan fingerprint density at radius 2 is 2.11 bits per heavy atom. The van der Waals surface area contributed by atoms with Crippen LogP contribution in [0.25, 0.3) is 0 Å². The summed E-state index contributed by atoms with van der Waals surface area (Å²) in [6.07, 6.45) is 2.94. The molecule has 1 fully saturated rings. The maximum Gasteiger partial charge on any atom is 0.304 e. The van der Waals surface area contributed by atoms with Crippen LogP contribution >= 0.6 is 0 Å². The minimum atomic E-state index is -3.47. The second kappa shape index (κ2) is 5.38. The fourth-order valence-electron chi connectivity index (χ4n) is 2.43. The molecule has 0 bridgehead atoms. The lowest BCUT2D eigenvalue weighted by molar-refractivity contribution is 0.268. The van der Waals surface area contributed by atoms with Gasteiger partial charge < -0.3 is 5.73 Å². The molecular weight excluding hydrogens is 262 g/mol. The first kappa shape index (κ1) is 14.1. The van der Waals surface area contributed by atoms with Crippen LogP contribution < -0.4 is 10.0 Å². The number of rotatable bonds is 3. The smallest absolute Gasteiger partial charge is 0.304 e. The first-order valence-corrected chi connectivity index (χ1v) is 7.94. The quantitative estimate of drug-likeness (QED) is 0.861. The summed E-state index contributed by atoms with van der Waals surface area (Å²) in [5.74, 6) is 0. The van der Waals surface area contributed by atoms with Gasteiger partial charge in [0.15, 0.2) is 0 Å². The summed E-state index contributed by atoms with van der Waals surface area (Å²) in [7, 11) is -1.90. The average Bonchev–Trinajstić information content (AvgIpc) is 2.38. The molecule has 0 saturated carbocycles. The number of nitrogen functional groups attached to an aromatic ring is 1. The maximum absolute atomic E-state index is 12.6. The highest BCUT2D eigenvalue weighted by atomic mass is 32.2. The van der Waals surface area contributed by atoms with Crippen molar-refractivity contribution in [3.8, 4) is 0 Å². The zero-order chi connectivity index (χ0) is 14.0. The van der Waals surface area contributed by atoms with E-state index in [0.29, 0.717) is 17.9 Å². The van der Waals surface area contributed by atoms with E-state index in [1.54, 1.807) is 35.6 Å². The highest BCUT2D eigenvalue weighted by Gasteiger charge is 2.32. The summed E-state index contributed by atoms with van der Waals surface area (Å²) in [4.78, 5) is 0. The van der Waals surface area contributed by atoms with Gasteiger partial charge in [0.2, 0.25) is 0 Å². The molecule has 106 valence electrons. The van der Waals surface area contributed by atoms with Crippen molar-refractivity contribution in [3.05, 3.63) is 24.3 Å². The van der Waals surface area contributed by atoms with Crippen LogP contribution in [0.5, 0.6) is 0 Å². The van der Waals surface area contributed by atoms with Crippen molar-refractivity contribution in [2.24, 2.45) is 0 Å². The molecule has 1 saturated heterocycles. The molecule has 0 spiro atoms. The minimum absolute atomic E-state index is 0.0576. The Balaban J connectivity index is 2.28. The Morgan fingerprint density at radius 3 is 2.74 bits per heavy atom. The van der Waals surface area contributed by atoms with E-state index in [0.717, 1.165) is 19.3 Å². The normalized spacial score (nSPS) is 21.3. The van der Waals surface area contributed by atoms with Crippen molar-refractivity contribution in [2.45, 2.75) is 32.2 Å². The van der Waals surface area contributed by atoms with Gasteiger partial charge in [-0.1, -0.05) is 12.5 Å². The summed E-state index contributed by atoms with van der Waals surface area (Å²) in [5, 5.41) is 0. The lowest BCUT2D eigenvalue weighted by Gasteiger charge is -2.35. The van der Waals surface area contributed by atoms with Crippen molar-refractivity contribution in [2.75, 3.05) is 23.6 Å². The number of nitrogens with two attached hydrogens (primary N) is 1. The van der Waals surface area contributed by atoms with Crippen LogP contribution in [0.15, 0.2) is 24.3 Å². The van der Waals surface area contributed by atoms with E-state index < -0.39 is 10.2 Å². The SMILES string of the molecule is CC1CCCCN1S(=O)(=O)N(C)c1cccc(N)c1. The molecule has 6 heteroatoms. The number of piperidine rings is 1. The van der Waals surface area contributed by atoms with Crippen molar-refractivity contribution in [1.29, 1.82) is 0 Å². The van der Waals surface area contributed by atoms with E-state index in [9.17, 15) is 8.42 Å². The van der Waals surface area contributed by atoms with Crippen LogP contribution in [0.1, 0.15) is 26.2 Å². The van der Waals surface area contributed by atoms with Crippen LogP contribution in [0.3, 0.4) is 0 Å². The Labute approximate surface area is 115 Å². The Hall–Kier alpha value is -1.27. The lowest BCUT2D eigenvalue weighted by Crippen LogP contribution is -2.48. The van der Waals surface area contributed by atoms with Gasteiger partial charge in [0.05, 0.1) is 5.69 Å². The van der Waals surface area contributed by atoms with Crippen molar-refractivity contribution < 1.29 is 8.42 Å². The van der Waals surface area contributed by atoms with Gasteiger partial charge >= 0.3 is 10.2 Å². The zero-order valence-electron chi connectivity index (χ0n) is 11.4. The molecule has 2 rings (SSSR count). The third-order valence-corrected chi connectivity index (χ3v) is 5.66. The summed E-state index contributed by atoms with van der Waals surface area (Å²) in [6.45, 7) is 2.56. The minimum Gasteiger partial charge on any atom is -0.399 e. The van der Waals surface area contributed by atoms with Crippen molar-refractivity contribution >= 4 is 21.6 Å². The van der Waals surface area contributed by atoms with Crippen LogP contribution in [0.4, 0.5) is 11.4 Å². The van der Waals surface area contributed by atoms with E-state index in [1.165, 1.54) is 4.31 Å². The van der Waals surface area contributed by atoms with Crippen LogP contribution in [0, 0.1) is 0 Å². The van der Waals surface area contributed by atoms with Crippen LogP contribution in [-0.4, -0.2) is 32.4 Å². The van der Waals surface area contributed by atoms with Gasteiger partial charge in [-0.3, -0.25) is 4.31 Å². The predicted octanol–water partition coefficient (Wildman–Crippen LogP) is 1.82. The van der Waals surface area contributed by atoms with Gasteiger partial charge in [0.1, 0.15) is 0 Å². The average molecular weight is 283 g/mol. The molecule has 0 aliphatic carbocycles. The summed E-state index contributed by atoms with van der Waals surface area (Å²) in [6, 6.07) is 6.99. The van der Waals surface area contributed by atoms with E-state index in [1.807, 2.05) is 6.92 Å². The van der Waals surface area contributed by atoms with E-state index >= 15 is 0 Å². The molecule has 19 heavy (non-hydrogen) atoms. The molecule has 1 aliphatic heterocycles. The number of hydrogen-bond donors (Lipinski definition) is 1. The monoisotopic (exact) mass is 283 g/mol. The topological polar surface area (TPSA) is 66.6 Å². The van der Waals surface area contributed by atoms with Crippen LogP contribution in [-0.2, 0) is 10.2 Å². The van der Waals surface area contributed by atoms with E-state index in [-0.39, 0.29) is 6.04 Å². The molecule has 0 aromatic heterocycles. The van der Waals surface area contributed by atoms with Gasteiger partial charge in [-0.2, -0.15) is 12.7 Å². The highest BCUT2D eigenvalue weighted by molar-refractivity contribution is 7.90. The fraction of sp³-hybridized carbons (Fsp3) is 0.538. The highest BCUT2D eigenvalue weighted by Crippen LogP contribution is 2.26. The van der Waals surface area contributed by atoms with Crippen molar-refractivity contribution in [1.82, 2.24) is 4.31 Å². The Kier molecular flexibility index (Phi) is 4.01. The molecule has 1 aromatic rings. The van der Waals surface area contributed by atoms with E-state index in [4.69, 9.17) is 5.73 Å². The number of anilines is 2. The molecule has 1 aliphatic rings. The first-order valence-electron chi connectivity index (χ1n) is 6.54. The molecule has 2 N–H and O–H groups in total. The third-order valence-electron chi connectivity index (χ3n) is 3.62. The Bertz CT molecular complexity index is 545. The maximum atomic E-state index is 12.6. The molecule has 1 aromatic carbocycles. The number of benzene rings is 1. The van der Waals surface area contributed by atoms with Crippen LogP contribution in [0.2, 0.25) is 0 Å². The van der Waals surface area contributed by atoms with Gasteiger partial charge in [-0.05, 0) is 38.0 Å². The predicted molar refractivity (Wildman–Crippen MR) is 78.2 cm³/mol. The molecule has 0 amide bonds. The molecule has 1 heterocycles. The molecule has 5 nitrogen and oxygen atoms in total. The summed E-state index contributed by atoms with van der Waals surface area (Å²) < 4.78 is 28.1.